The molecule has 1 unspecified atom stereocenters. The molecule has 0 radical (unpaired) electrons. The number of hydrogen-bond acceptors (Lipinski definition) is 11. The zero-order chi connectivity index (χ0) is 45.0. The Morgan fingerprint density at radius 2 is 1.42 bits per heavy atom. The summed E-state index contributed by atoms with van der Waals surface area (Å²) in [7, 11) is 0.616. The third-order valence-electron chi connectivity index (χ3n) is 12.2. The van der Waals surface area contributed by atoms with E-state index in [-0.39, 0.29) is 41.2 Å². The van der Waals surface area contributed by atoms with Crippen molar-refractivity contribution in [1.82, 2.24) is 23.8 Å². The fourth-order valence-electron chi connectivity index (χ4n) is 8.00. The summed E-state index contributed by atoms with van der Waals surface area (Å²) >= 11 is 0. The Balaban J connectivity index is 1.64. The number of nitriles is 1. The number of hydrogen-bond donors (Lipinski definition) is 0. The predicted octanol–water partition coefficient (Wildman–Crippen LogP) is 9.52. The lowest BCUT2D eigenvalue weighted by Crippen LogP contribution is -2.51. The summed E-state index contributed by atoms with van der Waals surface area (Å²) in [4.78, 5) is 22.9. The quantitative estimate of drug-likeness (QED) is 0.0361. The lowest BCUT2D eigenvalue weighted by atomic mass is 9.79. The summed E-state index contributed by atoms with van der Waals surface area (Å²) in [5.41, 5.74) is 1.95. The molecule has 0 saturated heterocycles. The van der Waals surface area contributed by atoms with Crippen LogP contribution >= 0.6 is 8.53 Å². The first-order valence-corrected chi connectivity index (χ1v) is 25.3. The van der Waals surface area contributed by atoms with E-state index < -0.39 is 46.8 Å². The van der Waals surface area contributed by atoms with E-state index in [0.29, 0.717) is 23.6 Å². The van der Waals surface area contributed by atoms with Crippen molar-refractivity contribution in [2.24, 2.45) is 7.05 Å². The molecule has 3 aromatic carbocycles. The summed E-state index contributed by atoms with van der Waals surface area (Å²) in [6, 6.07) is 28.1. The highest BCUT2D eigenvalue weighted by Gasteiger charge is 2.55. The number of methoxy groups -OCH3 is 2. The molecule has 62 heavy (non-hydrogen) atoms. The van der Waals surface area contributed by atoms with Crippen LogP contribution in [-0.4, -0.2) is 83.3 Å². The Morgan fingerprint density at radius 3 is 1.94 bits per heavy atom. The van der Waals surface area contributed by atoms with Gasteiger partial charge < -0.3 is 36.8 Å². The molecule has 13 nitrogen and oxygen atoms in total. The molecule has 5 atom stereocenters. The minimum Gasteiger partial charge on any atom is -0.497 e. The van der Waals surface area contributed by atoms with Crippen LogP contribution in [0.5, 0.6) is 11.5 Å². The van der Waals surface area contributed by atoms with Gasteiger partial charge in [-0.1, -0.05) is 75.4 Å². The van der Waals surface area contributed by atoms with Gasteiger partial charge in [-0.2, -0.15) is 5.26 Å². The first kappa shape index (κ1) is 47.0. The van der Waals surface area contributed by atoms with Crippen LogP contribution in [0.15, 0.2) is 96.3 Å². The van der Waals surface area contributed by atoms with Gasteiger partial charge in [0.2, 0.25) is 0 Å². The summed E-state index contributed by atoms with van der Waals surface area (Å²) in [5.74, 6) is 1.43. The zero-order valence-corrected chi connectivity index (χ0v) is 40.1. The minimum atomic E-state index is -2.61. The average Bonchev–Trinajstić information content (AvgIpc) is 3.81. The summed E-state index contributed by atoms with van der Waals surface area (Å²) in [6.45, 7) is 19.8. The van der Waals surface area contributed by atoms with Crippen LogP contribution in [0.1, 0.15) is 84.0 Å². The van der Waals surface area contributed by atoms with Crippen molar-refractivity contribution in [2.75, 3.05) is 20.8 Å². The SMILES string of the molecule is COc1ccc(C(O[C@H]2C[C@@H](n3cnc4c(=O)n(C)cnc43)[C@H](OP(OCCC#N)N(C(C)C)C(C)C)[C@@H]2O[Si](C)(C)C(C)(C)C)(c2ccccc2)c2ccc(OC)cc2)cc1. The molecule has 5 aromatic rings. The van der Waals surface area contributed by atoms with E-state index in [4.69, 9.17) is 32.7 Å². The molecule has 1 saturated carbocycles. The molecule has 332 valence electrons. The van der Waals surface area contributed by atoms with Gasteiger partial charge in [0.15, 0.2) is 19.5 Å². The molecule has 2 heterocycles. The summed E-state index contributed by atoms with van der Waals surface area (Å²) in [6.07, 6.45) is 1.85. The van der Waals surface area contributed by atoms with E-state index in [9.17, 15) is 10.1 Å². The maximum Gasteiger partial charge on any atom is 0.281 e. The highest BCUT2D eigenvalue weighted by Crippen LogP contribution is 2.55. The number of aromatic nitrogens is 4. The third-order valence-corrected chi connectivity index (χ3v) is 18.8. The Kier molecular flexibility index (Phi) is 14.8. The largest absolute Gasteiger partial charge is 0.497 e. The third kappa shape index (κ3) is 9.55. The zero-order valence-electron chi connectivity index (χ0n) is 38.2. The Labute approximate surface area is 369 Å². The van der Waals surface area contributed by atoms with Gasteiger partial charge >= 0.3 is 0 Å². The number of imidazole rings is 1. The van der Waals surface area contributed by atoms with Crippen LogP contribution in [0.3, 0.4) is 0 Å². The van der Waals surface area contributed by atoms with Gasteiger partial charge in [-0.05, 0) is 93.2 Å². The van der Waals surface area contributed by atoms with Crippen molar-refractivity contribution < 1.29 is 27.7 Å². The van der Waals surface area contributed by atoms with Crippen LogP contribution in [0.25, 0.3) is 11.2 Å². The maximum absolute atomic E-state index is 13.5. The lowest BCUT2D eigenvalue weighted by molar-refractivity contribution is -0.0997. The smallest absolute Gasteiger partial charge is 0.281 e. The molecule has 1 aliphatic rings. The number of rotatable bonds is 18. The van der Waals surface area contributed by atoms with Gasteiger partial charge in [-0.25, -0.2) is 14.6 Å². The van der Waals surface area contributed by atoms with Gasteiger partial charge in [0, 0.05) is 19.1 Å². The Hall–Kier alpha value is -4.45. The highest BCUT2D eigenvalue weighted by atomic mass is 31.2. The van der Waals surface area contributed by atoms with Gasteiger partial charge in [0.05, 0.1) is 58.1 Å². The van der Waals surface area contributed by atoms with E-state index in [1.54, 1.807) is 27.6 Å². The number of benzene rings is 3. The van der Waals surface area contributed by atoms with Crippen molar-refractivity contribution >= 4 is 28.0 Å². The van der Waals surface area contributed by atoms with E-state index in [2.05, 4.69) is 114 Å². The predicted molar refractivity (Wildman–Crippen MR) is 246 cm³/mol. The second kappa shape index (κ2) is 19.5. The van der Waals surface area contributed by atoms with Gasteiger partial charge in [-0.3, -0.25) is 4.79 Å². The van der Waals surface area contributed by atoms with E-state index in [1.165, 1.54) is 10.9 Å². The normalized spacial score (nSPS) is 19.1. The highest BCUT2D eigenvalue weighted by molar-refractivity contribution is 7.44. The number of ether oxygens (including phenoxy) is 3. The Morgan fingerprint density at radius 1 is 0.855 bits per heavy atom. The summed E-state index contributed by atoms with van der Waals surface area (Å²) in [5, 5.41) is 9.41. The van der Waals surface area contributed by atoms with E-state index in [0.717, 1.165) is 16.7 Å². The van der Waals surface area contributed by atoms with Crippen molar-refractivity contribution in [3.63, 3.8) is 0 Å². The maximum atomic E-state index is 13.5. The number of aryl methyl sites for hydroxylation is 1. The molecule has 2 aromatic heterocycles. The average molecular weight is 883 g/mol. The fraction of sp³-hybridized carbons (Fsp3) is 0.489. The molecule has 0 spiro atoms. The molecular weight excluding hydrogens is 820 g/mol. The molecular formula is C47H63N6O7PSi. The molecule has 0 aliphatic heterocycles. The molecule has 0 amide bonds. The second-order valence-corrected chi connectivity index (χ2v) is 24.1. The molecule has 15 heteroatoms. The van der Waals surface area contributed by atoms with E-state index in [1.807, 2.05) is 47.0 Å². The number of fused-ring (bicyclic) bond motifs is 1. The van der Waals surface area contributed by atoms with Gasteiger partial charge in [0.1, 0.15) is 29.3 Å². The minimum absolute atomic E-state index is 0.0458. The standard InChI is InChI=1S/C47H63N6O7PSi/c1-32(2)53(33(3)4)61(57-28-16-27-48)59-42-39(52-31-49-41-44(52)50-30-51(8)45(41)54)29-40(43(42)60-62(11,12)46(5,6)7)58-47(34-17-14-13-15-18-34,35-19-23-37(55-9)24-20-35)36-21-25-38(56-10)26-22-36/h13-15,17-26,30-33,39-40,42-43H,16,28-29H2,1-12H3/t39-,40+,42+,43-,61?/m1/s1. The number of nitrogens with zero attached hydrogens (tertiary/aromatic N) is 6. The van der Waals surface area contributed by atoms with Crippen molar-refractivity contribution in [3.8, 4) is 17.6 Å². The topological polar surface area (TPSA) is 135 Å². The molecule has 0 bridgehead atoms. The monoisotopic (exact) mass is 882 g/mol. The van der Waals surface area contributed by atoms with E-state index >= 15 is 0 Å². The molecule has 1 fully saturated rings. The first-order chi connectivity index (χ1) is 29.5. The van der Waals surface area contributed by atoms with Crippen LogP contribution in [0.2, 0.25) is 18.1 Å². The fourth-order valence-corrected chi connectivity index (χ4v) is 11.1. The van der Waals surface area contributed by atoms with Gasteiger partial charge in [-0.15, -0.1) is 0 Å². The lowest BCUT2D eigenvalue weighted by Gasteiger charge is -2.45. The Bertz CT molecular complexity index is 2290. The second-order valence-electron chi connectivity index (χ2n) is 17.9. The van der Waals surface area contributed by atoms with Crippen LogP contribution < -0.4 is 15.0 Å². The van der Waals surface area contributed by atoms with Crippen LogP contribution in [0, 0.1) is 11.3 Å². The van der Waals surface area contributed by atoms with Gasteiger partial charge in [0.25, 0.3) is 14.1 Å². The van der Waals surface area contributed by atoms with Crippen molar-refractivity contribution in [2.45, 2.75) is 121 Å². The van der Waals surface area contributed by atoms with Crippen LogP contribution in [0.4, 0.5) is 0 Å². The molecule has 0 N–H and O–H groups in total. The molecule has 6 rings (SSSR count). The van der Waals surface area contributed by atoms with Crippen molar-refractivity contribution in [3.05, 3.63) is 119 Å². The molecule has 1 aliphatic carbocycles. The van der Waals surface area contributed by atoms with Crippen molar-refractivity contribution in [1.29, 1.82) is 5.26 Å². The first-order valence-electron chi connectivity index (χ1n) is 21.3. The van der Waals surface area contributed by atoms with Crippen LogP contribution in [-0.2, 0) is 30.9 Å². The summed E-state index contributed by atoms with van der Waals surface area (Å²) < 4.78 is 46.5.